The molecule has 7 rings (SSSR count). The summed E-state index contributed by atoms with van der Waals surface area (Å²) in [5, 5.41) is 0. The van der Waals surface area contributed by atoms with Crippen molar-refractivity contribution in [2.24, 2.45) is 9.98 Å². The second-order valence-electron chi connectivity index (χ2n) is 9.21. The van der Waals surface area contributed by atoms with E-state index in [0.717, 1.165) is 22.5 Å². The molecule has 6 nitrogen and oxygen atoms in total. The van der Waals surface area contributed by atoms with Crippen LogP contribution in [0, 0.1) is 0 Å². The van der Waals surface area contributed by atoms with Gasteiger partial charge in [-0.3, -0.25) is 9.97 Å². The molecule has 1 aliphatic rings. The van der Waals surface area contributed by atoms with Crippen molar-refractivity contribution >= 4 is 22.8 Å². The van der Waals surface area contributed by atoms with E-state index in [0.29, 0.717) is 45.6 Å². The van der Waals surface area contributed by atoms with Crippen LogP contribution in [-0.2, 0) is 0 Å². The van der Waals surface area contributed by atoms with Crippen LogP contribution in [-0.4, -0.2) is 31.4 Å². The molecule has 0 amide bonds. The summed E-state index contributed by atoms with van der Waals surface area (Å²) in [6.07, 6.45) is 3.51. The maximum Gasteiger partial charge on any atom is 0.117 e. The van der Waals surface area contributed by atoms with Gasteiger partial charge in [-0.2, -0.15) is 0 Å². The zero-order chi connectivity index (χ0) is 26.7. The van der Waals surface area contributed by atoms with E-state index in [1.807, 2.05) is 121 Å². The topological polar surface area (TPSA) is 76.3 Å². The minimum Gasteiger partial charge on any atom is -0.252 e. The van der Waals surface area contributed by atoms with Gasteiger partial charge in [0.25, 0.3) is 0 Å². The number of pyridine rings is 4. The molecule has 0 spiro atoms. The molecule has 0 unspecified atom stereocenters. The Morgan fingerprint density at radius 2 is 0.775 bits per heavy atom. The molecule has 2 aromatic carbocycles. The molecule has 4 aromatic heterocycles. The summed E-state index contributed by atoms with van der Waals surface area (Å²) in [6.45, 7) is 0. The monoisotopic (exact) mass is 514 g/mol. The fourth-order valence-corrected chi connectivity index (χ4v) is 4.72. The minimum absolute atomic E-state index is 0.636. The first kappa shape index (κ1) is 23.5. The van der Waals surface area contributed by atoms with Gasteiger partial charge in [-0.1, -0.05) is 72.8 Å². The highest BCUT2D eigenvalue weighted by Crippen LogP contribution is 2.31. The fraction of sp³-hybridized carbons (Fsp3) is 0. The van der Waals surface area contributed by atoms with Crippen molar-refractivity contribution in [2.75, 3.05) is 0 Å². The number of hydrogen-bond donors (Lipinski definition) is 0. The van der Waals surface area contributed by atoms with E-state index in [-0.39, 0.29) is 0 Å². The van der Waals surface area contributed by atoms with E-state index < -0.39 is 0 Å². The summed E-state index contributed by atoms with van der Waals surface area (Å²) < 4.78 is 0. The van der Waals surface area contributed by atoms with Crippen LogP contribution < -0.4 is 0 Å². The smallest absolute Gasteiger partial charge is 0.117 e. The molecule has 0 fully saturated rings. The van der Waals surface area contributed by atoms with Crippen molar-refractivity contribution in [3.63, 3.8) is 0 Å². The maximum atomic E-state index is 5.12. The number of hydrogen-bond acceptors (Lipinski definition) is 6. The highest BCUT2D eigenvalue weighted by molar-refractivity contribution is 6.20. The van der Waals surface area contributed by atoms with Gasteiger partial charge < -0.3 is 0 Å². The Kier molecular flexibility index (Phi) is 6.03. The molecule has 1 aliphatic heterocycles. The second kappa shape index (κ2) is 10.3. The Morgan fingerprint density at radius 1 is 0.350 bits per heavy atom. The van der Waals surface area contributed by atoms with Crippen molar-refractivity contribution in [1.29, 1.82) is 0 Å². The summed E-state index contributed by atoms with van der Waals surface area (Å²) in [7, 11) is 0. The number of aliphatic imine (C=N–C) groups is 2. The van der Waals surface area contributed by atoms with E-state index in [2.05, 4.69) is 0 Å². The number of benzene rings is 2. The zero-order valence-corrected chi connectivity index (χ0v) is 21.4. The quantitative estimate of drug-likeness (QED) is 0.248. The molecule has 0 bridgehead atoms. The van der Waals surface area contributed by atoms with E-state index in [1.54, 1.807) is 12.4 Å². The predicted molar refractivity (Wildman–Crippen MR) is 158 cm³/mol. The van der Waals surface area contributed by atoms with E-state index in [4.69, 9.17) is 29.9 Å². The van der Waals surface area contributed by atoms with Crippen LogP contribution in [0.25, 0.3) is 22.5 Å². The second-order valence-corrected chi connectivity index (χ2v) is 9.21. The van der Waals surface area contributed by atoms with Crippen molar-refractivity contribution in [3.8, 4) is 22.5 Å². The summed E-state index contributed by atoms with van der Waals surface area (Å²) in [4.78, 5) is 29.7. The Hall–Kier alpha value is -5.62. The van der Waals surface area contributed by atoms with Crippen molar-refractivity contribution in [3.05, 3.63) is 156 Å². The Labute approximate surface area is 231 Å². The molecule has 0 N–H and O–H groups in total. The molecule has 0 radical (unpaired) electrons. The van der Waals surface area contributed by atoms with Gasteiger partial charge in [-0.15, -0.1) is 0 Å². The molecule has 40 heavy (non-hydrogen) atoms. The molecule has 188 valence electrons. The summed E-state index contributed by atoms with van der Waals surface area (Å²) >= 11 is 0. The maximum absolute atomic E-state index is 5.12. The first-order valence-electron chi connectivity index (χ1n) is 13.0. The van der Waals surface area contributed by atoms with Crippen LogP contribution in [0.3, 0.4) is 0 Å². The lowest BCUT2D eigenvalue weighted by Crippen LogP contribution is -2.14. The molecular weight excluding hydrogens is 492 g/mol. The lowest BCUT2D eigenvalue weighted by atomic mass is 10.0. The van der Waals surface area contributed by atoms with Gasteiger partial charge >= 0.3 is 0 Å². The standard InChI is InChI=1S/C34H22N6/c1-3-11-23(12-4-1)25-15-7-17-29(37-25)33-31-27(19-9-21-35-31)40-34(32-28(39-33)20-10-22-36-32)30-18-8-16-26(38-30)24-13-5-2-6-14-24/h1-22H. The molecule has 0 saturated heterocycles. The third-order valence-corrected chi connectivity index (χ3v) is 6.61. The van der Waals surface area contributed by atoms with Gasteiger partial charge in [-0.25, -0.2) is 20.0 Å². The molecular formula is C34H22N6. The first-order chi connectivity index (χ1) is 19.8. The summed E-state index contributed by atoms with van der Waals surface area (Å²) in [6, 6.07) is 39.7. The lowest BCUT2D eigenvalue weighted by molar-refractivity contribution is 1.19. The van der Waals surface area contributed by atoms with Crippen LogP contribution in [0.5, 0.6) is 0 Å². The summed E-state index contributed by atoms with van der Waals surface area (Å²) in [5.41, 5.74) is 9.10. The van der Waals surface area contributed by atoms with E-state index in [1.165, 1.54) is 0 Å². The van der Waals surface area contributed by atoms with E-state index in [9.17, 15) is 0 Å². The highest BCUT2D eigenvalue weighted by Gasteiger charge is 2.23. The predicted octanol–water partition coefficient (Wildman–Crippen LogP) is 7.25. The summed E-state index contributed by atoms with van der Waals surface area (Å²) in [5.74, 6) is 0. The van der Waals surface area contributed by atoms with Crippen LogP contribution in [0.2, 0.25) is 0 Å². The largest absolute Gasteiger partial charge is 0.252 e. The molecule has 0 saturated carbocycles. The molecule has 6 heteroatoms. The minimum atomic E-state index is 0.636. The lowest BCUT2D eigenvalue weighted by Gasteiger charge is -2.16. The van der Waals surface area contributed by atoms with Crippen LogP contribution in [0.1, 0.15) is 22.8 Å². The zero-order valence-electron chi connectivity index (χ0n) is 21.4. The molecule has 0 atom stereocenters. The molecule has 6 aromatic rings. The van der Waals surface area contributed by atoms with Gasteiger partial charge in [0.2, 0.25) is 0 Å². The fourth-order valence-electron chi connectivity index (χ4n) is 4.72. The van der Waals surface area contributed by atoms with Gasteiger partial charge in [-0.05, 0) is 48.5 Å². The average Bonchev–Trinajstić information content (AvgIpc) is 3.03. The van der Waals surface area contributed by atoms with E-state index >= 15 is 0 Å². The first-order valence-corrected chi connectivity index (χ1v) is 13.0. The number of nitrogens with zero attached hydrogens (tertiary/aromatic N) is 6. The third-order valence-electron chi connectivity index (χ3n) is 6.61. The van der Waals surface area contributed by atoms with Gasteiger partial charge in [0.05, 0.1) is 34.2 Å². The van der Waals surface area contributed by atoms with Crippen molar-refractivity contribution in [1.82, 2.24) is 19.9 Å². The highest BCUT2D eigenvalue weighted by atomic mass is 14.9. The van der Waals surface area contributed by atoms with Crippen LogP contribution in [0.4, 0.5) is 11.4 Å². The Morgan fingerprint density at radius 3 is 1.23 bits per heavy atom. The van der Waals surface area contributed by atoms with Crippen LogP contribution >= 0.6 is 0 Å². The van der Waals surface area contributed by atoms with Gasteiger partial charge in [0.15, 0.2) is 0 Å². The average molecular weight is 515 g/mol. The normalized spacial score (nSPS) is 12.3. The van der Waals surface area contributed by atoms with Gasteiger partial charge in [0, 0.05) is 23.5 Å². The third kappa shape index (κ3) is 4.48. The van der Waals surface area contributed by atoms with Gasteiger partial charge in [0.1, 0.15) is 22.8 Å². The number of aromatic nitrogens is 4. The van der Waals surface area contributed by atoms with Crippen molar-refractivity contribution in [2.45, 2.75) is 0 Å². The Bertz CT molecular complexity index is 1750. The Balaban J connectivity index is 1.41. The van der Waals surface area contributed by atoms with Crippen molar-refractivity contribution < 1.29 is 0 Å². The van der Waals surface area contributed by atoms with Crippen LogP contribution in [0.15, 0.2) is 144 Å². The number of rotatable bonds is 4. The number of fused-ring (bicyclic) bond motifs is 2. The molecule has 5 heterocycles. The SMILES string of the molecule is c1ccc(-c2cccc(C3=Nc4cccnc4C(c4cccc(-c5ccccc5)n4)=Nc4cccnc43)n2)cc1. The molecule has 0 aliphatic carbocycles.